The minimum Gasteiger partial charge on any atom is -0.478 e. The molecule has 332 valence electrons. The first-order chi connectivity index (χ1) is 31.0. The summed E-state index contributed by atoms with van der Waals surface area (Å²) in [5, 5.41) is 47.2. The van der Waals surface area contributed by atoms with E-state index in [-0.39, 0.29) is 44.0 Å². The molecule has 0 aliphatic carbocycles. The van der Waals surface area contributed by atoms with E-state index in [4.69, 9.17) is 38.6 Å². The second-order valence-corrected chi connectivity index (χ2v) is 15.1. The lowest BCUT2D eigenvalue weighted by molar-refractivity contribution is -0.117. The summed E-state index contributed by atoms with van der Waals surface area (Å²) >= 11 is 4.86. The Labute approximate surface area is 382 Å². The first-order valence-electron chi connectivity index (χ1n) is 17.9. The molecule has 0 bridgehead atoms. The second-order valence-electron chi connectivity index (χ2n) is 12.3. The third-order valence-corrected chi connectivity index (χ3v) is 9.82. The molecule has 3 aromatic heterocycles. The van der Waals surface area contributed by atoms with Crippen LogP contribution < -0.4 is 16.1 Å². The highest BCUT2D eigenvalue weighted by atomic mass is 79.9. The number of benzene rings is 3. The SMILES string of the molecule is O=C(O)c1ccc(B(O)O)cc1.O=C1CSC(=O)N1.O=C1NC(=O)C(=Cc2ccc(-c3cccc(C(=O)O)c3)o2)S1.O=Cc1ccc(-c2cccc(C(=O)O)c2)o1.O=Cc1ccc(Br)o1. The van der Waals surface area contributed by atoms with E-state index in [2.05, 4.69) is 26.6 Å². The third kappa shape index (κ3) is 15.9. The molecule has 2 aliphatic rings. The van der Waals surface area contributed by atoms with Crippen molar-refractivity contribution in [2.24, 2.45) is 0 Å². The van der Waals surface area contributed by atoms with Crippen LogP contribution in [0.3, 0.4) is 0 Å². The van der Waals surface area contributed by atoms with Crippen LogP contribution in [0.25, 0.3) is 28.7 Å². The summed E-state index contributed by atoms with van der Waals surface area (Å²) in [6, 6.07) is 27.8. The van der Waals surface area contributed by atoms with Gasteiger partial charge in [0.25, 0.3) is 16.4 Å². The number of thioether (sulfide) groups is 2. The van der Waals surface area contributed by atoms with Crippen molar-refractivity contribution in [2.45, 2.75) is 0 Å². The maximum Gasteiger partial charge on any atom is 0.488 e. The molecule has 0 saturated carbocycles. The quantitative estimate of drug-likeness (QED) is 0.0474. The predicted octanol–water partition coefficient (Wildman–Crippen LogP) is 6.31. The smallest absolute Gasteiger partial charge is 0.478 e. The number of halogens is 1. The zero-order chi connectivity index (χ0) is 47.6. The number of aldehydes is 2. The van der Waals surface area contributed by atoms with Crippen LogP contribution in [0, 0.1) is 0 Å². The summed E-state index contributed by atoms with van der Waals surface area (Å²) in [5.74, 6) is -1.48. The van der Waals surface area contributed by atoms with Crippen LogP contribution >= 0.6 is 39.5 Å². The molecule has 0 atom stereocenters. The second kappa shape index (κ2) is 24.3. The number of carboxylic acids is 3. The fourth-order valence-electron chi connectivity index (χ4n) is 4.82. The number of hydrogen-bond acceptors (Lipinski definition) is 16. The van der Waals surface area contributed by atoms with Crippen molar-refractivity contribution in [3.8, 4) is 22.6 Å². The molecule has 19 nitrogen and oxygen atoms in total. The Balaban J connectivity index is 0.000000189. The van der Waals surface area contributed by atoms with E-state index in [0.717, 1.165) is 23.5 Å². The number of aromatic carboxylic acids is 3. The normalized spacial score (nSPS) is 12.9. The monoisotopic (exact) mass is 988 g/mol. The number of furan rings is 3. The minimum absolute atomic E-state index is 0.124. The third-order valence-electron chi connectivity index (χ3n) is 7.81. The number of carboxylic acid groups (broad SMARTS) is 3. The fourth-order valence-corrected chi connectivity index (χ4v) is 6.33. The van der Waals surface area contributed by atoms with Gasteiger partial charge in [-0.25, -0.2) is 14.4 Å². The molecule has 65 heavy (non-hydrogen) atoms. The Hall–Kier alpha value is -7.57. The van der Waals surface area contributed by atoms with E-state index in [1.54, 1.807) is 54.6 Å². The average molecular weight is 990 g/mol. The highest BCUT2D eigenvalue weighted by Crippen LogP contribution is 2.29. The molecule has 6 aromatic rings. The molecule has 2 aliphatic heterocycles. The maximum atomic E-state index is 11.5. The topological polar surface area (TPSA) is 318 Å². The summed E-state index contributed by atoms with van der Waals surface area (Å²) in [5.41, 5.74) is 1.99. The molecule has 2 saturated heterocycles. The molecule has 0 unspecified atom stereocenters. The lowest BCUT2D eigenvalue weighted by Gasteiger charge is -1.99. The largest absolute Gasteiger partial charge is 0.488 e. The van der Waals surface area contributed by atoms with Crippen molar-refractivity contribution in [3.05, 3.63) is 153 Å². The summed E-state index contributed by atoms with van der Waals surface area (Å²) in [7, 11) is -1.55. The van der Waals surface area contributed by atoms with Gasteiger partial charge in [-0.05, 0) is 106 Å². The van der Waals surface area contributed by atoms with E-state index in [9.17, 15) is 43.2 Å². The van der Waals surface area contributed by atoms with Gasteiger partial charge in [0.2, 0.25) is 5.91 Å². The molecule has 2 fully saturated rings. The number of hydrogen-bond donors (Lipinski definition) is 7. The van der Waals surface area contributed by atoms with Gasteiger partial charge in [-0.15, -0.1) is 0 Å². The molecule has 8 rings (SSSR count). The predicted molar refractivity (Wildman–Crippen MR) is 238 cm³/mol. The summed E-state index contributed by atoms with van der Waals surface area (Å²) in [6.07, 6.45) is 2.73. The maximum absolute atomic E-state index is 11.5. The Morgan fingerprint density at radius 2 is 1.12 bits per heavy atom. The Bertz CT molecular complexity index is 2750. The highest BCUT2D eigenvalue weighted by Gasteiger charge is 2.25. The average Bonchev–Trinajstić information content (AvgIpc) is 4.16. The van der Waals surface area contributed by atoms with E-state index in [1.165, 1.54) is 60.7 Å². The van der Waals surface area contributed by atoms with Crippen molar-refractivity contribution >= 4 is 111 Å². The van der Waals surface area contributed by atoms with Crippen molar-refractivity contribution in [1.29, 1.82) is 0 Å². The van der Waals surface area contributed by atoms with Gasteiger partial charge in [0.05, 0.1) is 27.3 Å². The molecule has 23 heteroatoms. The Morgan fingerprint density at radius 1 is 0.615 bits per heavy atom. The van der Waals surface area contributed by atoms with Crippen LogP contribution in [0.2, 0.25) is 0 Å². The standard InChI is InChI=1S/C15H9NO5S.C12H8O4.C7H7BO4.C5H3BrO2.C3H3NO2S/c17-13-12(22-15(20)16-13)7-10-4-5-11(21-10)8-2-1-3-9(6-8)14(18)19;13-7-10-4-5-11(16-10)8-2-1-3-9(6-8)12(14)15;9-7(10)5-1-3-6(4-2-5)8(11)12;6-5-2-1-4(3-7)8-5;5-2-1-7-3(6)4-2/h1-7H,(H,18,19)(H,16,17,20);1-7H,(H,14,15);1-4,11-12H,(H,9,10);1-3H;1H2,(H,4,5,6). The van der Waals surface area contributed by atoms with E-state index in [1.807, 2.05) is 0 Å². The fraction of sp³-hybridized carbons (Fsp3) is 0.0238. The van der Waals surface area contributed by atoms with Crippen molar-refractivity contribution in [1.82, 2.24) is 10.6 Å². The minimum atomic E-state index is -1.55. The van der Waals surface area contributed by atoms with E-state index >= 15 is 0 Å². The van der Waals surface area contributed by atoms with Crippen molar-refractivity contribution < 1.29 is 81.8 Å². The number of nitrogens with one attached hydrogen (secondary N) is 2. The molecule has 4 amide bonds. The molecular weight excluding hydrogens is 959 g/mol. The van der Waals surface area contributed by atoms with Gasteiger partial charge in [0.1, 0.15) is 17.3 Å². The number of imide groups is 2. The number of carbonyl (C=O) groups excluding carboxylic acids is 6. The zero-order valence-electron chi connectivity index (χ0n) is 32.7. The van der Waals surface area contributed by atoms with Gasteiger partial charge in [0, 0.05) is 17.2 Å². The summed E-state index contributed by atoms with van der Waals surface area (Å²) < 4.78 is 16.1. The lowest BCUT2D eigenvalue weighted by atomic mass is 9.80. The molecule has 0 radical (unpaired) electrons. The molecule has 5 heterocycles. The molecule has 7 N–H and O–H groups in total. The van der Waals surface area contributed by atoms with Gasteiger partial charge < -0.3 is 38.6 Å². The van der Waals surface area contributed by atoms with E-state index in [0.29, 0.717) is 57.2 Å². The number of amides is 4. The number of rotatable bonds is 9. The van der Waals surface area contributed by atoms with Gasteiger partial charge in [-0.3, -0.25) is 39.4 Å². The van der Waals surface area contributed by atoms with Crippen LogP contribution in [0.4, 0.5) is 9.59 Å². The Kier molecular flexibility index (Phi) is 18.7. The van der Waals surface area contributed by atoms with Crippen LogP contribution in [0.1, 0.15) is 57.9 Å². The number of carbonyl (C=O) groups is 9. The van der Waals surface area contributed by atoms with Crippen molar-refractivity contribution in [2.75, 3.05) is 5.75 Å². The van der Waals surface area contributed by atoms with Crippen molar-refractivity contribution in [3.63, 3.8) is 0 Å². The van der Waals surface area contributed by atoms with Gasteiger partial charge in [-0.1, -0.05) is 48.2 Å². The Morgan fingerprint density at radius 3 is 1.49 bits per heavy atom. The first kappa shape index (κ1) is 50.1. The van der Waals surface area contributed by atoms with Crippen LogP contribution in [0.5, 0.6) is 0 Å². The molecular formula is C42H30BBrN2O17S2. The van der Waals surface area contributed by atoms with Crippen LogP contribution in [-0.4, -0.2) is 91.0 Å². The zero-order valence-corrected chi connectivity index (χ0v) is 36.0. The van der Waals surface area contributed by atoms with Crippen LogP contribution in [0.15, 0.2) is 132 Å². The van der Waals surface area contributed by atoms with Gasteiger partial charge >= 0.3 is 25.0 Å². The van der Waals surface area contributed by atoms with Gasteiger partial charge in [0.15, 0.2) is 28.8 Å². The summed E-state index contributed by atoms with van der Waals surface area (Å²) in [6.45, 7) is 0. The first-order valence-corrected chi connectivity index (χ1v) is 20.5. The highest BCUT2D eigenvalue weighted by molar-refractivity contribution is 9.10. The van der Waals surface area contributed by atoms with E-state index < -0.39 is 36.2 Å². The molecule has 3 aromatic carbocycles. The van der Waals surface area contributed by atoms with Crippen LogP contribution in [-0.2, 0) is 9.59 Å². The summed E-state index contributed by atoms with van der Waals surface area (Å²) in [4.78, 5) is 95.4. The lowest BCUT2D eigenvalue weighted by Crippen LogP contribution is -2.29. The van der Waals surface area contributed by atoms with Gasteiger partial charge in [-0.2, -0.15) is 0 Å². The molecule has 0 spiro atoms.